The fourth-order valence-electron chi connectivity index (χ4n) is 3.20. The molecule has 2 heterocycles. The highest BCUT2D eigenvalue weighted by Crippen LogP contribution is 2.36. The van der Waals surface area contributed by atoms with Crippen LogP contribution in [-0.2, 0) is 0 Å². The Balaban J connectivity index is 2.24. The maximum absolute atomic E-state index is 3.73. The fourth-order valence-corrected chi connectivity index (χ4v) is 4.38. The van der Waals surface area contributed by atoms with Crippen LogP contribution in [0.4, 0.5) is 0 Å². The molecule has 0 amide bonds. The van der Waals surface area contributed by atoms with Gasteiger partial charge in [0.2, 0.25) is 0 Å². The average Bonchev–Trinajstić information content (AvgIpc) is 2.83. The van der Waals surface area contributed by atoms with Gasteiger partial charge in [0.25, 0.3) is 0 Å². The number of nitrogens with zero attached hydrogens (tertiary/aromatic N) is 1. The van der Waals surface area contributed by atoms with E-state index in [0.717, 1.165) is 6.54 Å². The molecule has 1 aromatic heterocycles. The van der Waals surface area contributed by atoms with E-state index in [-0.39, 0.29) is 5.54 Å². The van der Waals surface area contributed by atoms with Gasteiger partial charge in [-0.3, -0.25) is 4.90 Å². The van der Waals surface area contributed by atoms with Crippen molar-refractivity contribution in [2.45, 2.75) is 58.5 Å². The van der Waals surface area contributed by atoms with Crippen LogP contribution in [0.3, 0.4) is 0 Å². The predicted octanol–water partition coefficient (Wildman–Crippen LogP) is 3.97. The highest BCUT2D eigenvalue weighted by Gasteiger charge is 2.37. The smallest absolute Gasteiger partial charge is 0.0599 e. The number of likely N-dealkylation sites (tertiary alicyclic amines) is 1. The second-order valence-electron chi connectivity index (χ2n) is 6.16. The molecule has 1 fully saturated rings. The molecule has 3 heteroatoms. The lowest BCUT2D eigenvalue weighted by Gasteiger charge is -2.46. The number of nitrogens with one attached hydrogen (secondary N) is 1. The molecule has 0 saturated carbocycles. The molecule has 0 radical (unpaired) electrons. The molecule has 1 aromatic rings. The van der Waals surface area contributed by atoms with Gasteiger partial charge in [-0.2, -0.15) is 0 Å². The van der Waals surface area contributed by atoms with Gasteiger partial charge in [0.05, 0.1) is 6.04 Å². The summed E-state index contributed by atoms with van der Waals surface area (Å²) < 4.78 is 0. The summed E-state index contributed by atoms with van der Waals surface area (Å²) in [6.07, 6.45) is 4.11. The molecule has 1 unspecified atom stereocenters. The summed E-state index contributed by atoms with van der Waals surface area (Å²) in [5, 5.41) is 5.96. The minimum Gasteiger partial charge on any atom is -0.308 e. The van der Waals surface area contributed by atoms with Gasteiger partial charge in [-0.05, 0) is 70.3 Å². The molecular weight excluding hydrogens is 252 g/mol. The Morgan fingerprint density at radius 1 is 1.32 bits per heavy atom. The van der Waals surface area contributed by atoms with Gasteiger partial charge in [-0.25, -0.2) is 0 Å². The number of hydrogen-bond donors (Lipinski definition) is 1. The summed E-state index contributed by atoms with van der Waals surface area (Å²) in [6.45, 7) is 12.8. The first kappa shape index (κ1) is 15.0. The van der Waals surface area contributed by atoms with E-state index in [2.05, 4.69) is 49.4 Å². The molecule has 0 bridgehead atoms. The second kappa shape index (κ2) is 6.38. The van der Waals surface area contributed by atoms with Crippen LogP contribution >= 0.6 is 11.3 Å². The average molecular weight is 280 g/mol. The van der Waals surface area contributed by atoms with E-state index in [1.165, 1.54) is 42.8 Å². The Morgan fingerprint density at radius 2 is 2.00 bits per heavy atom. The van der Waals surface area contributed by atoms with Gasteiger partial charge in [-0.1, -0.05) is 13.3 Å². The van der Waals surface area contributed by atoms with Gasteiger partial charge in [-0.15, -0.1) is 11.3 Å². The first-order valence-electron chi connectivity index (χ1n) is 7.59. The van der Waals surface area contributed by atoms with Crippen molar-refractivity contribution in [1.82, 2.24) is 10.2 Å². The lowest BCUT2D eigenvalue weighted by Crippen LogP contribution is -2.54. The van der Waals surface area contributed by atoms with E-state index in [1.807, 2.05) is 11.3 Å². The van der Waals surface area contributed by atoms with Gasteiger partial charge >= 0.3 is 0 Å². The SMILES string of the molecule is CCNC(c1sccc1C)C(C)(C)N1CCCCC1. The minimum atomic E-state index is 0.187. The van der Waals surface area contributed by atoms with E-state index < -0.39 is 0 Å². The molecule has 1 saturated heterocycles. The zero-order valence-corrected chi connectivity index (χ0v) is 13.6. The van der Waals surface area contributed by atoms with Crippen molar-refractivity contribution >= 4 is 11.3 Å². The van der Waals surface area contributed by atoms with Crippen molar-refractivity contribution in [2.75, 3.05) is 19.6 Å². The van der Waals surface area contributed by atoms with E-state index in [9.17, 15) is 0 Å². The topological polar surface area (TPSA) is 15.3 Å². The van der Waals surface area contributed by atoms with Gasteiger partial charge < -0.3 is 5.32 Å². The third kappa shape index (κ3) is 3.21. The van der Waals surface area contributed by atoms with Crippen molar-refractivity contribution in [2.24, 2.45) is 0 Å². The summed E-state index contributed by atoms with van der Waals surface area (Å²) in [5.41, 5.74) is 1.62. The Labute approximate surface area is 122 Å². The maximum atomic E-state index is 3.73. The largest absolute Gasteiger partial charge is 0.308 e. The lowest BCUT2D eigenvalue weighted by molar-refractivity contribution is 0.0622. The molecule has 1 N–H and O–H groups in total. The summed E-state index contributed by atoms with van der Waals surface area (Å²) in [6, 6.07) is 2.69. The Morgan fingerprint density at radius 3 is 2.53 bits per heavy atom. The van der Waals surface area contributed by atoms with Crippen molar-refractivity contribution in [1.29, 1.82) is 0 Å². The molecule has 0 aromatic carbocycles. The predicted molar refractivity (Wildman–Crippen MR) is 85.0 cm³/mol. The molecule has 0 spiro atoms. The highest BCUT2D eigenvalue weighted by molar-refractivity contribution is 7.10. The monoisotopic (exact) mass is 280 g/mol. The van der Waals surface area contributed by atoms with E-state index in [0.29, 0.717) is 6.04 Å². The molecular formula is C16H28N2S. The van der Waals surface area contributed by atoms with E-state index in [1.54, 1.807) is 0 Å². The van der Waals surface area contributed by atoms with Crippen LogP contribution in [0, 0.1) is 6.92 Å². The molecule has 0 aliphatic carbocycles. The van der Waals surface area contributed by atoms with Crippen molar-refractivity contribution in [3.8, 4) is 0 Å². The minimum absolute atomic E-state index is 0.187. The number of rotatable bonds is 5. The van der Waals surface area contributed by atoms with E-state index in [4.69, 9.17) is 0 Å². The van der Waals surface area contributed by atoms with Gasteiger partial charge in [0.1, 0.15) is 0 Å². The molecule has 1 aliphatic rings. The molecule has 108 valence electrons. The van der Waals surface area contributed by atoms with Crippen LogP contribution in [0.2, 0.25) is 0 Å². The summed E-state index contributed by atoms with van der Waals surface area (Å²) in [7, 11) is 0. The zero-order chi connectivity index (χ0) is 13.9. The normalized spacial score (nSPS) is 19.6. The zero-order valence-electron chi connectivity index (χ0n) is 12.8. The quantitative estimate of drug-likeness (QED) is 0.878. The number of piperidine rings is 1. The number of hydrogen-bond acceptors (Lipinski definition) is 3. The van der Waals surface area contributed by atoms with Crippen LogP contribution in [0.25, 0.3) is 0 Å². The summed E-state index contributed by atoms with van der Waals surface area (Å²) in [5.74, 6) is 0. The number of aryl methyl sites for hydroxylation is 1. The van der Waals surface area contributed by atoms with Crippen LogP contribution in [0.5, 0.6) is 0 Å². The second-order valence-corrected chi connectivity index (χ2v) is 7.11. The fraction of sp³-hybridized carbons (Fsp3) is 0.750. The first-order chi connectivity index (χ1) is 9.07. The third-order valence-electron chi connectivity index (χ3n) is 4.45. The lowest BCUT2D eigenvalue weighted by atomic mass is 9.88. The standard InChI is InChI=1S/C16H28N2S/c1-5-17-15(14-13(2)9-12-19-14)16(3,4)18-10-7-6-8-11-18/h9,12,15,17H,5-8,10-11H2,1-4H3. The maximum Gasteiger partial charge on any atom is 0.0599 e. The van der Waals surface area contributed by atoms with Gasteiger partial charge in [0, 0.05) is 10.4 Å². The molecule has 19 heavy (non-hydrogen) atoms. The molecule has 1 aliphatic heterocycles. The number of likely N-dealkylation sites (N-methyl/N-ethyl adjacent to an activating group) is 1. The van der Waals surface area contributed by atoms with Crippen LogP contribution in [0.15, 0.2) is 11.4 Å². The number of thiophene rings is 1. The Bertz CT molecular complexity index is 391. The molecule has 2 nitrogen and oxygen atoms in total. The first-order valence-corrected chi connectivity index (χ1v) is 8.47. The van der Waals surface area contributed by atoms with Crippen molar-refractivity contribution in [3.63, 3.8) is 0 Å². The van der Waals surface area contributed by atoms with Crippen molar-refractivity contribution in [3.05, 3.63) is 21.9 Å². The van der Waals surface area contributed by atoms with Crippen LogP contribution in [0.1, 0.15) is 56.5 Å². The molecule has 2 rings (SSSR count). The van der Waals surface area contributed by atoms with E-state index >= 15 is 0 Å². The van der Waals surface area contributed by atoms with Crippen molar-refractivity contribution < 1.29 is 0 Å². The van der Waals surface area contributed by atoms with Crippen LogP contribution in [-0.4, -0.2) is 30.1 Å². The van der Waals surface area contributed by atoms with Gasteiger partial charge in [0.15, 0.2) is 0 Å². The Hall–Kier alpha value is -0.380. The summed E-state index contributed by atoms with van der Waals surface area (Å²) in [4.78, 5) is 4.20. The molecule has 1 atom stereocenters. The third-order valence-corrected chi connectivity index (χ3v) is 5.53. The Kier molecular flexibility index (Phi) is 5.04. The van der Waals surface area contributed by atoms with Crippen LogP contribution < -0.4 is 5.32 Å². The summed E-state index contributed by atoms with van der Waals surface area (Å²) >= 11 is 1.90. The highest BCUT2D eigenvalue weighted by atomic mass is 32.1.